The standard InChI is InChI=1S/C8H14N2O2/c9-8(11)4-10-2-6-1-7(3-10)12-5-6/h6-7H,1-5H2,(H2,9,11). The van der Waals surface area contributed by atoms with Gasteiger partial charge in [-0.05, 0) is 12.3 Å². The van der Waals surface area contributed by atoms with Crippen LogP contribution in [0.3, 0.4) is 0 Å². The fraction of sp³-hybridized carbons (Fsp3) is 0.875. The van der Waals surface area contributed by atoms with Gasteiger partial charge in [0.1, 0.15) is 0 Å². The number of amides is 1. The summed E-state index contributed by atoms with van der Waals surface area (Å²) in [5.41, 5.74) is 5.11. The third-order valence-corrected chi connectivity index (χ3v) is 2.52. The first-order valence-corrected chi connectivity index (χ1v) is 4.36. The Morgan fingerprint density at radius 3 is 3.08 bits per heavy atom. The Morgan fingerprint density at radius 2 is 2.42 bits per heavy atom. The lowest BCUT2D eigenvalue weighted by Gasteiger charge is -2.28. The summed E-state index contributed by atoms with van der Waals surface area (Å²) in [6.45, 7) is 3.09. The minimum absolute atomic E-state index is 0.240. The van der Waals surface area contributed by atoms with Crippen LogP contribution in [-0.2, 0) is 9.53 Å². The summed E-state index contributed by atoms with van der Waals surface area (Å²) in [6.07, 6.45) is 1.51. The van der Waals surface area contributed by atoms with Crippen LogP contribution in [0.5, 0.6) is 0 Å². The van der Waals surface area contributed by atoms with E-state index < -0.39 is 0 Å². The number of primary amides is 1. The van der Waals surface area contributed by atoms with Gasteiger partial charge in [-0.2, -0.15) is 0 Å². The Hall–Kier alpha value is -0.610. The Balaban J connectivity index is 1.89. The largest absolute Gasteiger partial charge is 0.377 e. The Labute approximate surface area is 71.7 Å². The monoisotopic (exact) mass is 170 g/mol. The van der Waals surface area contributed by atoms with E-state index in [9.17, 15) is 4.79 Å². The number of carbonyl (C=O) groups is 1. The highest BCUT2D eigenvalue weighted by Crippen LogP contribution is 2.26. The van der Waals surface area contributed by atoms with Crippen LogP contribution in [0.15, 0.2) is 0 Å². The maximum atomic E-state index is 10.6. The molecule has 2 N–H and O–H groups in total. The Morgan fingerprint density at radius 1 is 1.58 bits per heavy atom. The van der Waals surface area contributed by atoms with Crippen molar-refractivity contribution in [2.24, 2.45) is 11.7 Å². The number of nitrogens with zero attached hydrogens (tertiary/aromatic N) is 1. The average molecular weight is 170 g/mol. The first-order valence-electron chi connectivity index (χ1n) is 4.36. The second-order valence-corrected chi connectivity index (χ2v) is 3.72. The van der Waals surface area contributed by atoms with E-state index in [0.717, 1.165) is 26.1 Å². The molecule has 0 aromatic heterocycles. The van der Waals surface area contributed by atoms with Gasteiger partial charge in [-0.3, -0.25) is 9.69 Å². The summed E-state index contributed by atoms with van der Waals surface area (Å²) in [7, 11) is 0. The summed E-state index contributed by atoms with van der Waals surface area (Å²) in [6, 6.07) is 0. The number of likely N-dealkylation sites (tertiary alicyclic amines) is 1. The van der Waals surface area contributed by atoms with E-state index in [0.29, 0.717) is 18.6 Å². The lowest BCUT2D eigenvalue weighted by molar-refractivity contribution is -0.119. The molecule has 2 aliphatic rings. The van der Waals surface area contributed by atoms with Crippen LogP contribution >= 0.6 is 0 Å². The molecule has 12 heavy (non-hydrogen) atoms. The third-order valence-electron chi connectivity index (χ3n) is 2.52. The molecule has 2 aliphatic heterocycles. The zero-order valence-electron chi connectivity index (χ0n) is 7.03. The summed E-state index contributed by atoms with van der Waals surface area (Å²) in [5.74, 6) is 0.388. The van der Waals surface area contributed by atoms with E-state index >= 15 is 0 Å². The SMILES string of the molecule is NC(=O)CN1CC2COC(C2)C1. The Kier molecular flexibility index (Phi) is 2.02. The van der Waals surface area contributed by atoms with Gasteiger partial charge in [0.25, 0.3) is 0 Å². The van der Waals surface area contributed by atoms with Crippen LogP contribution in [0.2, 0.25) is 0 Å². The van der Waals surface area contributed by atoms with Gasteiger partial charge in [-0.25, -0.2) is 0 Å². The number of piperidine rings is 1. The molecule has 2 bridgehead atoms. The van der Waals surface area contributed by atoms with Crippen molar-refractivity contribution < 1.29 is 9.53 Å². The topological polar surface area (TPSA) is 55.6 Å². The number of ether oxygens (including phenoxy) is 1. The third kappa shape index (κ3) is 1.59. The maximum absolute atomic E-state index is 10.6. The second kappa shape index (κ2) is 3.03. The summed E-state index contributed by atoms with van der Waals surface area (Å²) < 4.78 is 5.49. The predicted molar refractivity (Wildman–Crippen MR) is 43.5 cm³/mol. The van der Waals surface area contributed by atoms with E-state index in [-0.39, 0.29) is 5.91 Å². The number of hydrogen-bond acceptors (Lipinski definition) is 3. The fourth-order valence-electron chi connectivity index (χ4n) is 2.11. The van der Waals surface area contributed by atoms with Crippen molar-refractivity contribution in [2.75, 3.05) is 26.2 Å². The van der Waals surface area contributed by atoms with Gasteiger partial charge >= 0.3 is 0 Å². The highest BCUT2D eigenvalue weighted by atomic mass is 16.5. The van der Waals surface area contributed by atoms with Gasteiger partial charge in [0, 0.05) is 13.1 Å². The average Bonchev–Trinajstić information content (AvgIpc) is 2.29. The van der Waals surface area contributed by atoms with E-state index in [1.807, 2.05) is 0 Å². The normalized spacial score (nSPS) is 35.3. The van der Waals surface area contributed by atoms with Crippen LogP contribution in [0, 0.1) is 5.92 Å². The molecule has 1 amide bonds. The molecule has 2 fully saturated rings. The number of carbonyl (C=O) groups excluding carboxylic acids is 1. The fourth-order valence-corrected chi connectivity index (χ4v) is 2.11. The van der Waals surface area contributed by atoms with E-state index in [1.165, 1.54) is 0 Å². The highest BCUT2D eigenvalue weighted by Gasteiger charge is 2.33. The van der Waals surface area contributed by atoms with Gasteiger partial charge in [-0.1, -0.05) is 0 Å². The van der Waals surface area contributed by atoms with Crippen molar-refractivity contribution >= 4 is 5.91 Å². The number of rotatable bonds is 2. The first kappa shape index (κ1) is 8.01. The molecule has 4 heteroatoms. The quantitative estimate of drug-likeness (QED) is 0.590. The zero-order chi connectivity index (χ0) is 8.55. The van der Waals surface area contributed by atoms with Gasteiger partial charge in [0.05, 0.1) is 19.3 Å². The van der Waals surface area contributed by atoms with E-state index in [4.69, 9.17) is 10.5 Å². The lowest BCUT2D eigenvalue weighted by Crippen LogP contribution is -2.43. The number of nitrogens with two attached hydrogens (primary N) is 1. The van der Waals surface area contributed by atoms with Crippen LogP contribution in [-0.4, -0.2) is 43.2 Å². The molecule has 0 aromatic rings. The van der Waals surface area contributed by atoms with Crippen molar-refractivity contribution in [3.05, 3.63) is 0 Å². The van der Waals surface area contributed by atoms with E-state index in [1.54, 1.807) is 0 Å². The molecule has 2 saturated heterocycles. The van der Waals surface area contributed by atoms with Crippen molar-refractivity contribution in [2.45, 2.75) is 12.5 Å². The molecule has 0 radical (unpaired) electrons. The maximum Gasteiger partial charge on any atom is 0.231 e. The molecule has 0 spiro atoms. The molecular formula is C8H14N2O2. The van der Waals surface area contributed by atoms with Crippen LogP contribution in [0.1, 0.15) is 6.42 Å². The smallest absolute Gasteiger partial charge is 0.231 e. The van der Waals surface area contributed by atoms with Crippen molar-refractivity contribution in [1.29, 1.82) is 0 Å². The molecular weight excluding hydrogens is 156 g/mol. The highest BCUT2D eigenvalue weighted by molar-refractivity contribution is 5.75. The molecule has 2 unspecified atom stereocenters. The molecule has 68 valence electrons. The van der Waals surface area contributed by atoms with Gasteiger partial charge in [-0.15, -0.1) is 0 Å². The van der Waals surface area contributed by atoms with Crippen molar-refractivity contribution in [3.8, 4) is 0 Å². The lowest BCUT2D eigenvalue weighted by atomic mass is 10.0. The molecule has 0 aliphatic carbocycles. The predicted octanol–water partition coefficient (Wildman–Crippen LogP) is -0.808. The van der Waals surface area contributed by atoms with Crippen molar-refractivity contribution in [3.63, 3.8) is 0 Å². The van der Waals surface area contributed by atoms with Gasteiger partial charge in [0.15, 0.2) is 0 Å². The molecule has 2 rings (SSSR count). The molecule has 0 aromatic carbocycles. The first-order chi connectivity index (χ1) is 5.74. The van der Waals surface area contributed by atoms with Crippen LogP contribution < -0.4 is 5.73 Å². The molecule has 4 nitrogen and oxygen atoms in total. The van der Waals surface area contributed by atoms with Crippen LogP contribution in [0.25, 0.3) is 0 Å². The summed E-state index contributed by atoms with van der Waals surface area (Å²) in [4.78, 5) is 12.7. The van der Waals surface area contributed by atoms with E-state index in [2.05, 4.69) is 4.90 Å². The molecule has 2 heterocycles. The second-order valence-electron chi connectivity index (χ2n) is 3.72. The van der Waals surface area contributed by atoms with Crippen LogP contribution in [0.4, 0.5) is 0 Å². The van der Waals surface area contributed by atoms with Gasteiger partial charge < -0.3 is 10.5 Å². The molecule has 0 saturated carbocycles. The Bertz CT molecular complexity index is 183. The number of fused-ring (bicyclic) bond motifs is 2. The minimum Gasteiger partial charge on any atom is -0.377 e. The zero-order valence-corrected chi connectivity index (χ0v) is 7.03. The van der Waals surface area contributed by atoms with Crippen molar-refractivity contribution in [1.82, 2.24) is 4.90 Å². The minimum atomic E-state index is -0.240. The summed E-state index contributed by atoms with van der Waals surface area (Å²) >= 11 is 0. The number of hydrogen-bond donors (Lipinski definition) is 1. The molecule has 2 atom stereocenters. The summed E-state index contributed by atoms with van der Waals surface area (Å²) in [5, 5.41) is 0. The van der Waals surface area contributed by atoms with Gasteiger partial charge in [0.2, 0.25) is 5.91 Å².